The van der Waals surface area contributed by atoms with Crippen molar-refractivity contribution in [1.82, 2.24) is 0 Å². The van der Waals surface area contributed by atoms with Crippen LogP contribution in [0.15, 0.2) is 4.99 Å². The molecule has 14 heavy (non-hydrogen) atoms. The van der Waals surface area contributed by atoms with Crippen LogP contribution in [0.1, 0.15) is 59.3 Å². The molecule has 0 aromatic rings. The van der Waals surface area contributed by atoms with E-state index in [9.17, 15) is 0 Å². The summed E-state index contributed by atoms with van der Waals surface area (Å²) in [6, 6.07) is 0. The number of ether oxygens (including phenoxy) is 1. The van der Waals surface area contributed by atoms with Gasteiger partial charge in [0.2, 0.25) is 0 Å². The predicted octanol–water partition coefficient (Wildman–Crippen LogP) is 3.80. The molecule has 0 amide bonds. The first-order valence-electron chi connectivity index (χ1n) is 5.95. The monoisotopic (exact) mass is 199 g/mol. The van der Waals surface area contributed by atoms with E-state index in [2.05, 4.69) is 11.9 Å². The van der Waals surface area contributed by atoms with E-state index in [-0.39, 0.29) is 0 Å². The summed E-state index contributed by atoms with van der Waals surface area (Å²) in [6.45, 7) is 7.82. The van der Waals surface area contributed by atoms with E-state index in [1.807, 2.05) is 13.8 Å². The Kier molecular flexibility index (Phi) is 10.2. The lowest BCUT2D eigenvalue weighted by atomic mass is 10.1. The van der Waals surface area contributed by atoms with Gasteiger partial charge in [0.05, 0.1) is 6.61 Å². The maximum Gasteiger partial charge on any atom is 0.179 e. The maximum absolute atomic E-state index is 5.24. The van der Waals surface area contributed by atoms with Crippen molar-refractivity contribution >= 4 is 5.90 Å². The van der Waals surface area contributed by atoms with Gasteiger partial charge in [-0.25, -0.2) is 0 Å². The second kappa shape index (κ2) is 10.6. The summed E-state index contributed by atoms with van der Waals surface area (Å²) in [6.07, 6.45) is 7.95. The molecule has 0 atom stereocenters. The SMILES string of the molecule is CCCCCCCC/N=C(\C)OCC. The van der Waals surface area contributed by atoms with Gasteiger partial charge >= 0.3 is 0 Å². The minimum Gasteiger partial charge on any atom is -0.481 e. The third-order valence-electron chi connectivity index (χ3n) is 2.20. The summed E-state index contributed by atoms with van der Waals surface area (Å²) >= 11 is 0. The molecule has 0 aromatic carbocycles. The Morgan fingerprint density at radius 2 is 1.64 bits per heavy atom. The first kappa shape index (κ1) is 13.5. The van der Waals surface area contributed by atoms with Gasteiger partial charge in [0.15, 0.2) is 5.90 Å². The van der Waals surface area contributed by atoms with Gasteiger partial charge in [0, 0.05) is 13.5 Å². The van der Waals surface area contributed by atoms with Crippen molar-refractivity contribution < 1.29 is 4.74 Å². The largest absolute Gasteiger partial charge is 0.481 e. The van der Waals surface area contributed by atoms with Crippen molar-refractivity contribution in [3.8, 4) is 0 Å². The molecule has 0 N–H and O–H groups in total. The van der Waals surface area contributed by atoms with Gasteiger partial charge in [0.1, 0.15) is 0 Å². The van der Waals surface area contributed by atoms with Crippen LogP contribution in [0.5, 0.6) is 0 Å². The highest BCUT2D eigenvalue weighted by atomic mass is 16.5. The van der Waals surface area contributed by atoms with Gasteiger partial charge in [-0.15, -0.1) is 0 Å². The number of rotatable bonds is 8. The van der Waals surface area contributed by atoms with Gasteiger partial charge in [0.25, 0.3) is 0 Å². The van der Waals surface area contributed by atoms with Crippen molar-refractivity contribution in [2.45, 2.75) is 59.3 Å². The Hall–Kier alpha value is -0.530. The molecule has 0 aromatic heterocycles. The Balaban J connectivity index is 3.15. The van der Waals surface area contributed by atoms with Crippen LogP contribution in [0, 0.1) is 0 Å². The van der Waals surface area contributed by atoms with Gasteiger partial charge in [-0.1, -0.05) is 39.0 Å². The van der Waals surface area contributed by atoms with Crippen molar-refractivity contribution in [2.24, 2.45) is 4.99 Å². The van der Waals surface area contributed by atoms with Gasteiger partial charge < -0.3 is 4.74 Å². The molecule has 84 valence electrons. The minimum absolute atomic E-state index is 0.728. The van der Waals surface area contributed by atoms with Crippen LogP contribution in [0.4, 0.5) is 0 Å². The van der Waals surface area contributed by atoms with E-state index in [4.69, 9.17) is 4.74 Å². The molecular formula is C12H25NO. The van der Waals surface area contributed by atoms with Gasteiger partial charge in [-0.3, -0.25) is 4.99 Å². The zero-order chi connectivity index (χ0) is 10.6. The lowest BCUT2D eigenvalue weighted by molar-refractivity contribution is 0.323. The van der Waals surface area contributed by atoms with Crippen LogP contribution in [0.25, 0.3) is 0 Å². The second-order valence-corrected chi connectivity index (χ2v) is 3.60. The fourth-order valence-corrected chi connectivity index (χ4v) is 1.38. The van der Waals surface area contributed by atoms with Crippen LogP contribution < -0.4 is 0 Å². The van der Waals surface area contributed by atoms with E-state index >= 15 is 0 Å². The third-order valence-corrected chi connectivity index (χ3v) is 2.20. The predicted molar refractivity (Wildman–Crippen MR) is 63.0 cm³/mol. The lowest BCUT2D eigenvalue weighted by Crippen LogP contribution is -1.99. The zero-order valence-electron chi connectivity index (χ0n) is 10.0. The van der Waals surface area contributed by atoms with Crippen molar-refractivity contribution in [3.63, 3.8) is 0 Å². The molecule has 0 rings (SSSR count). The number of unbranched alkanes of at least 4 members (excludes halogenated alkanes) is 5. The molecule has 0 fully saturated rings. The molecule has 2 heteroatoms. The summed E-state index contributed by atoms with van der Waals surface area (Å²) in [5.41, 5.74) is 0. The summed E-state index contributed by atoms with van der Waals surface area (Å²) < 4.78 is 5.24. The molecule has 0 aliphatic rings. The van der Waals surface area contributed by atoms with E-state index < -0.39 is 0 Å². The second-order valence-electron chi connectivity index (χ2n) is 3.60. The Morgan fingerprint density at radius 3 is 2.29 bits per heavy atom. The Bertz CT molecular complexity index is 143. The Labute approximate surface area is 88.8 Å². The molecule has 0 unspecified atom stereocenters. The summed E-state index contributed by atoms with van der Waals surface area (Å²) in [7, 11) is 0. The number of hydrogen-bond acceptors (Lipinski definition) is 2. The average Bonchev–Trinajstić information content (AvgIpc) is 2.17. The van der Waals surface area contributed by atoms with Crippen LogP contribution in [-0.2, 0) is 4.74 Å². The highest BCUT2D eigenvalue weighted by molar-refractivity contribution is 5.72. The van der Waals surface area contributed by atoms with Crippen LogP contribution >= 0.6 is 0 Å². The molecule has 0 saturated carbocycles. The molecule has 0 aliphatic heterocycles. The molecule has 0 bridgehead atoms. The van der Waals surface area contributed by atoms with E-state index in [0.29, 0.717) is 0 Å². The first-order chi connectivity index (χ1) is 6.81. The number of hydrogen-bond donors (Lipinski definition) is 0. The fourth-order valence-electron chi connectivity index (χ4n) is 1.38. The standard InChI is InChI=1S/C12H25NO/c1-4-6-7-8-9-10-11-13-12(3)14-5-2/h4-11H2,1-3H3/b13-12+. The number of aliphatic imine (C=N–C) groups is 1. The van der Waals surface area contributed by atoms with Crippen LogP contribution in [-0.4, -0.2) is 19.0 Å². The number of nitrogens with zero attached hydrogens (tertiary/aromatic N) is 1. The molecular weight excluding hydrogens is 174 g/mol. The maximum atomic E-state index is 5.24. The first-order valence-corrected chi connectivity index (χ1v) is 5.95. The highest BCUT2D eigenvalue weighted by Crippen LogP contribution is 2.04. The highest BCUT2D eigenvalue weighted by Gasteiger charge is 1.90. The fraction of sp³-hybridized carbons (Fsp3) is 0.917. The summed E-state index contributed by atoms with van der Waals surface area (Å²) in [5, 5.41) is 0. The minimum atomic E-state index is 0.728. The van der Waals surface area contributed by atoms with Crippen molar-refractivity contribution in [1.29, 1.82) is 0 Å². The van der Waals surface area contributed by atoms with Crippen LogP contribution in [0.2, 0.25) is 0 Å². The third kappa shape index (κ3) is 9.56. The van der Waals surface area contributed by atoms with Gasteiger partial charge in [-0.2, -0.15) is 0 Å². The van der Waals surface area contributed by atoms with Crippen LogP contribution in [0.3, 0.4) is 0 Å². The average molecular weight is 199 g/mol. The Morgan fingerprint density at radius 1 is 1.00 bits per heavy atom. The molecule has 0 heterocycles. The summed E-state index contributed by atoms with van der Waals surface area (Å²) in [5.74, 6) is 0.834. The topological polar surface area (TPSA) is 21.6 Å². The van der Waals surface area contributed by atoms with E-state index in [1.165, 1.54) is 38.5 Å². The smallest absolute Gasteiger partial charge is 0.179 e. The van der Waals surface area contributed by atoms with Crippen molar-refractivity contribution in [2.75, 3.05) is 13.2 Å². The molecule has 0 saturated heterocycles. The molecule has 0 radical (unpaired) electrons. The summed E-state index contributed by atoms with van der Waals surface area (Å²) in [4.78, 5) is 4.33. The molecule has 0 aliphatic carbocycles. The quantitative estimate of drug-likeness (QED) is 0.331. The zero-order valence-corrected chi connectivity index (χ0v) is 10.0. The molecule has 2 nitrogen and oxygen atoms in total. The lowest BCUT2D eigenvalue weighted by Gasteiger charge is -2.01. The molecule has 0 spiro atoms. The van der Waals surface area contributed by atoms with E-state index in [1.54, 1.807) is 0 Å². The van der Waals surface area contributed by atoms with Crippen molar-refractivity contribution in [3.05, 3.63) is 0 Å². The normalized spacial score (nSPS) is 11.8. The van der Waals surface area contributed by atoms with E-state index in [0.717, 1.165) is 19.0 Å². The van der Waals surface area contributed by atoms with Gasteiger partial charge in [-0.05, 0) is 13.3 Å².